The molecule has 1 saturated heterocycles. The van der Waals surface area contributed by atoms with Crippen LogP contribution in [0.1, 0.15) is 5.69 Å². The molecule has 0 aliphatic carbocycles. The van der Waals surface area contributed by atoms with Crippen LogP contribution in [-0.2, 0) is 13.7 Å². The minimum Gasteiger partial charge on any atom is -0.390 e. The fourth-order valence-corrected chi connectivity index (χ4v) is 4.39. The van der Waals surface area contributed by atoms with Gasteiger partial charge in [0.05, 0.1) is 29.2 Å². The monoisotopic (exact) mass is 444 g/mol. The molecule has 0 saturated carbocycles. The number of aromatic nitrogens is 8. The maximum atomic E-state index is 9.68. The third-order valence-electron chi connectivity index (χ3n) is 6.17. The van der Waals surface area contributed by atoms with Crippen LogP contribution in [0.3, 0.4) is 0 Å². The van der Waals surface area contributed by atoms with Crippen LogP contribution in [0.4, 0.5) is 5.69 Å². The number of anilines is 1. The summed E-state index contributed by atoms with van der Waals surface area (Å²) >= 11 is 0. The predicted octanol–water partition coefficient (Wildman–Crippen LogP) is 1.54. The van der Waals surface area contributed by atoms with Gasteiger partial charge in [-0.15, -0.1) is 0 Å². The van der Waals surface area contributed by atoms with Crippen molar-refractivity contribution >= 4 is 27.9 Å². The molecule has 6 heterocycles. The lowest BCUT2D eigenvalue weighted by Crippen LogP contribution is -2.44. The van der Waals surface area contributed by atoms with Gasteiger partial charge in [0.2, 0.25) is 0 Å². The van der Waals surface area contributed by atoms with E-state index in [0.29, 0.717) is 22.7 Å². The molecule has 11 nitrogen and oxygen atoms in total. The first-order valence-electron chi connectivity index (χ1n) is 10.9. The Morgan fingerprint density at radius 2 is 1.88 bits per heavy atom. The third kappa shape index (κ3) is 3.33. The van der Waals surface area contributed by atoms with Crippen LogP contribution in [0.25, 0.3) is 45.0 Å². The lowest BCUT2D eigenvalue weighted by Gasteiger charge is -2.33. The molecule has 0 unspecified atom stereocenters. The number of H-pyrrole nitrogens is 2. The Hall–Kier alpha value is -3.83. The van der Waals surface area contributed by atoms with Gasteiger partial charge in [-0.1, -0.05) is 0 Å². The highest BCUT2D eigenvalue weighted by atomic mass is 16.3. The summed E-state index contributed by atoms with van der Waals surface area (Å²) in [6, 6.07) is 5.85. The number of nitrogens with one attached hydrogen (secondary N) is 2. The molecule has 1 aliphatic rings. The number of aromatic amines is 2. The van der Waals surface area contributed by atoms with Crippen LogP contribution in [0.15, 0.2) is 30.6 Å². The summed E-state index contributed by atoms with van der Waals surface area (Å²) in [5.41, 5.74) is 6.85. The summed E-state index contributed by atoms with van der Waals surface area (Å²) in [5, 5.41) is 21.5. The number of fused-ring (bicyclic) bond motifs is 2. The van der Waals surface area contributed by atoms with E-state index in [-0.39, 0.29) is 6.61 Å². The van der Waals surface area contributed by atoms with E-state index in [0.717, 1.165) is 59.8 Å². The minimum absolute atomic E-state index is 0.154. The number of likely N-dealkylation sites (N-methyl/N-ethyl adjacent to an activating group) is 1. The molecule has 0 atom stereocenters. The highest BCUT2D eigenvalue weighted by Gasteiger charge is 2.21. The number of aliphatic hydroxyl groups excluding tert-OH is 1. The zero-order valence-corrected chi connectivity index (χ0v) is 18.4. The van der Waals surface area contributed by atoms with E-state index in [1.807, 2.05) is 37.6 Å². The molecular weight excluding hydrogens is 420 g/mol. The lowest BCUT2D eigenvalue weighted by molar-refractivity contribution is 0.276. The van der Waals surface area contributed by atoms with E-state index >= 15 is 0 Å². The molecule has 5 aromatic rings. The van der Waals surface area contributed by atoms with Crippen molar-refractivity contribution in [2.75, 3.05) is 38.1 Å². The molecule has 0 aromatic carbocycles. The summed E-state index contributed by atoms with van der Waals surface area (Å²) < 4.78 is 1.67. The van der Waals surface area contributed by atoms with Gasteiger partial charge >= 0.3 is 0 Å². The van der Waals surface area contributed by atoms with E-state index in [1.165, 1.54) is 0 Å². The second-order valence-corrected chi connectivity index (χ2v) is 8.39. The number of imidazole rings is 1. The van der Waals surface area contributed by atoms with Gasteiger partial charge in [0, 0.05) is 51.2 Å². The summed E-state index contributed by atoms with van der Waals surface area (Å²) in [6.45, 7) is 3.78. The van der Waals surface area contributed by atoms with Crippen molar-refractivity contribution in [1.29, 1.82) is 0 Å². The lowest BCUT2D eigenvalue weighted by atomic mass is 10.1. The number of nitrogens with zero attached hydrogens (tertiary/aromatic N) is 8. The van der Waals surface area contributed by atoms with Crippen molar-refractivity contribution in [1.82, 2.24) is 44.8 Å². The zero-order chi connectivity index (χ0) is 22.5. The number of aryl methyl sites for hydroxylation is 1. The average molecular weight is 445 g/mol. The van der Waals surface area contributed by atoms with Crippen molar-refractivity contribution in [3.05, 3.63) is 36.3 Å². The molecule has 1 aliphatic heterocycles. The molecule has 33 heavy (non-hydrogen) atoms. The average Bonchev–Trinajstić information content (AvgIpc) is 3.54. The van der Waals surface area contributed by atoms with Gasteiger partial charge < -0.3 is 19.9 Å². The Bertz CT molecular complexity index is 1460. The molecule has 6 rings (SSSR count). The van der Waals surface area contributed by atoms with E-state index in [1.54, 1.807) is 4.68 Å². The normalized spacial score (nSPS) is 15.2. The molecule has 5 aromatic heterocycles. The number of hydrogen-bond donors (Lipinski definition) is 3. The van der Waals surface area contributed by atoms with Crippen LogP contribution >= 0.6 is 0 Å². The molecule has 0 radical (unpaired) electrons. The van der Waals surface area contributed by atoms with E-state index in [9.17, 15) is 5.11 Å². The van der Waals surface area contributed by atoms with Gasteiger partial charge in [-0.25, -0.2) is 15.0 Å². The SMILES string of the molecule is CN1CCN(c2ccnc3[nH]c(-c4n[nH]c5ccc(-c6cn(C)nc6CO)nc45)nc23)CC1. The quantitative estimate of drug-likeness (QED) is 0.381. The Morgan fingerprint density at radius 3 is 2.70 bits per heavy atom. The van der Waals surface area contributed by atoms with Gasteiger partial charge in [0.15, 0.2) is 17.2 Å². The smallest absolute Gasteiger partial charge is 0.162 e. The second-order valence-electron chi connectivity index (χ2n) is 8.39. The van der Waals surface area contributed by atoms with Crippen molar-refractivity contribution in [3.63, 3.8) is 0 Å². The van der Waals surface area contributed by atoms with Crippen molar-refractivity contribution in [2.24, 2.45) is 7.05 Å². The summed E-state index contributed by atoms with van der Waals surface area (Å²) in [7, 11) is 3.97. The van der Waals surface area contributed by atoms with E-state index in [4.69, 9.17) is 9.97 Å². The number of hydrogen-bond acceptors (Lipinski definition) is 8. The highest BCUT2D eigenvalue weighted by molar-refractivity contribution is 5.93. The van der Waals surface area contributed by atoms with Crippen molar-refractivity contribution < 1.29 is 5.11 Å². The van der Waals surface area contributed by atoms with Crippen LogP contribution in [0.2, 0.25) is 0 Å². The summed E-state index contributed by atoms with van der Waals surface area (Å²) in [5.74, 6) is 0.614. The van der Waals surface area contributed by atoms with Gasteiger partial charge in [-0.05, 0) is 25.2 Å². The van der Waals surface area contributed by atoms with Crippen molar-refractivity contribution in [2.45, 2.75) is 6.61 Å². The second kappa shape index (κ2) is 7.64. The topological polar surface area (TPSA) is 128 Å². The number of pyridine rings is 2. The fraction of sp³-hybridized carbons (Fsp3) is 0.318. The molecule has 0 bridgehead atoms. The largest absolute Gasteiger partial charge is 0.390 e. The van der Waals surface area contributed by atoms with Crippen LogP contribution in [-0.4, -0.2) is 83.1 Å². The first-order chi connectivity index (χ1) is 16.1. The van der Waals surface area contributed by atoms with Crippen molar-refractivity contribution in [3.8, 4) is 22.8 Å². The number of rotatable bonds is 4. The molecule has 0 spiro atoms. The maximum absolute atomic E-state index is 9.68. The maximum Gasteiger partial charge on any atom is 0.162 e. The predicted molar refractivity (Wildman–Crippen MR) is 125 cm³/mol. The number of piperazine rings is 1. The van der Waals surface area contributed by atoms with Gasteiger partial charge in [0.25, 0.3) is 0 Å². The molecular formula is C22H24N10O. The van der Waals surface area contributed by atoms with E-state index < -0.39 is 0 Å². The molecule has 1 fully saturated rings. The molecule has 168 valence electrons. The van der Waals surface area contributed by atoms with E-state index in [2.05, 4.69) is 42.1 Å². The van der Waals surface area contributed by atoms with Gasteiger partial charge in [-0.3, -0.25) is 9.78 Å². The molecule has 3 N–H and O–H groups in total. The third-order valence-corrected chi connectivity index (χ3v) is 6.17. The Labute approximate surface area is 189 Å². The van der Waals surface area contributed by atoms with Crippen LogP contribution < -0.4 is 4.90 Å². The van der Waals surface area contributed by atoms with Gasteiger partial charge in [-0.2, -0.15) is 10.2 Å². The number of aliphatic hydroxyl groups is 1. The van der Waals surface area contributed by atoms with Crippen LogP contribution in [0.5, 0.6) is 0 Å². The van der Waals surface area contributed by atoms with Gasteiger partial charge in [0.1, 0.15) is 11.0 Å². The molecule has 11 heteroatoms. The molecule has 0 amide bonds. The van der Waals surface area contributed by atoms with Crippen LogP contribution in [0, 0.1) is 0 Å². The minimum atomic E-state index is -0.154. The zero-order valence-electron chi connectivity index (χ0n) is 18.4. The highest BCUT2D eigenvalue weighted by Crippen LogP contribution is 2.31. The first-order valence-corrected chi connectivity index (χ1v) is 10.9. The Kier molecular flexibility index (Phi) is 4.59. The standard InChI is InChI=1S/C22H24N10O/c1-30-7-9-32(10-8-30)17-5-6-23-21-19(17)25-22(26-21)20-18-15(27-28-20)4-3-14(24-18)13-11-31(2)29-16(13)12-33/h3-6,11,33H,7-10,12H2,1-2H3,(H,27,28)(H,23,25,26). The fourth-order valence-electron chi connectivity index (χ4n) is 4.39. The first kappa shape index (κ1) is 19.8. The summed E-state index contributed by atoms with van der Waals surface area (Å²) in [4.78, 5) is 22.2. The summed E-state index contributed by atoms with van der Waals surface area (Å²) in [6.07, 6.45) is 3.67. The Balaban J connectivity index is 1.44. The Morgan fingerprint density at radius 1 is 1.03 bits per heavy atom.